The molecule has 0 unspecified atom stereocenters. The Morgan fingerprint density at radius 3 is 2.36 bits per heavy atom. The number of hydrogen-bond acceptors (Lipinski definition) is 4. The molecule has 1 saturated carbocycles. The van der Waals surface area contributed by atoms with E-state index in [1.165, 1.54) is 0 Å². The van der Waals surface area contributed by atoms with Crippen LogP contribution in [0.15, 0.2) is 42.5 Å². The van der Waals surface area contributed by atoms with E-state index < -0.39 is 0 Å². The topological polar surface area (TPSA) is 56.8 Å². The van der Waals surface area contributed by atoms with E-state index in [0.29, 0.717) is 22.3 Å². The lowest BCUT2D eigenvalue weighted by molar-refractivity contribution is -0.124. The number of methoxy groups -OCH3 is 2. The second-order valence-corrected chi connectivity index (χ2v) is 6.38. The average molecular weight is 362 g/mol. The number of halogens is 1. The first-order chi connectivity index (χ1) is 12.1. The summed E-state index contributed by atoms with van der Waals surface area (Å²) in [6.45, 7) is -0.0450. The van der Waals surface area contributed by atoms with Gasteiger partial charge in [0, 0.05) is 5.02 Å². The number of nitrogens with one attached hydrogen (secondary N) is 1. The fourth-order valence-electron chi connectivity index (χ4n) is 2.73. The van der Waals surface area contributed by atoms with Gasteiger partial charge in [-0.05, 0) is 54.8 Å². The molecule has 1 aliphatic rings. The van der Waals surface area contributed by atoms with Gasteiger partial charge in [0.05, 0.1) is 19.8 Å². The molecule has 0 saturated heterocycles. The summed E-state index contributed by atoms with van der Waals surface area (Å²) in [6.07, 6.45) is 1.77. The standard InChI is InChI=1S/C19H20ClNO4/c1-23-16-8-3-13(11-17(16)24-2)19(9-10-19)21-18(22)12-25-15-6-4-14(20)5-7-15/h3-8,11H,9-10,12H2,1-2H3,(H,21,22). The second-order valence-electron chi connectivity index (χ2n) is 5.94. The molecular formula is C19H20ClNO4. The van der Waals surface area contributed by atoms with Gasteiger partial charge >= 0.3 is 0 Å². The number of rotatable bonds is 7. The van der Waals surface area contributed by atoms with E-state index in [4.69, 9.17) is 25.8 Å². The van der Waals surface area contributed by atoms with Gasteiger partial charge in [0.2, 0.25) is 0 Å². The van der Waals surface area contributed by atoms with Crippen LogP contribution in [0.5, 0.6) is 17.2 Å². The summed E-state index contributed by atoms with van der Waals surface area (Å²) in [6, 6.07) is 12.6. The van der Waals surface area contributed by atoms with Crippen molar-refractivity contribution in [2.24, 2.45) is 0 Å². The Morgan fingerprint density at radius 2 is 1.76 bits per heavy atom. The highest BCUT2D eigenvalue weighted by Crippen LogP contribution is 2.47. The first kappa shape index (κ1) is 17.4. The normalized spacial score (nSPS) is 14.5. The van der Waals surface area contributed by atoms with Crippen LogP contribution in [0.3, 0.4) is 0 Å². The van der Waals surface area contributed by atoms with Crippen molar-refractivity contribution in [3.8, 4) is 17.2 Å². The number of amides is 1. The fraction of sp³-hybridized carbons (Fsp3) is 0.316. The lowest BCUT2D eigenvalue weighted by atomic mass is 10.0. The van der Waals surface area contributed by atoms with E-state index in [9.17, 15) is 4.79 Å². The number of carbonyl (C=O) groups excluding carboxylic acids is 1. The molecule has 1 aliphatic carbocycles. The molecule has 0 bridgehead atoms. The zero-order valence-electron chi connectivity index (χ0n) is 14.2. The van der Waals surface area contributed by atoms with Gasteiger partial charge in [0.15, 0.2) is 18.1 Å². The van der Waals surface area contributed by atoms with E-state index in [1.807, 2.05) is 18.2 Å². The Hall–Kier alpha value is -2.40. The average Bonchev–Trinajstić information content (AvgIpc) is 3.41. The van der Waals surface area contributed by atoms with Crippen molar-refractivity contribution >= 4 is 17.5 Å². The highest BCUT2D eigenvalue weighted by atomic mass is 35.5. The Bertz CT molecular complexity index is 757. The summed E-state index contributed by atoms with van der Waals surface area (Å²) in [5.74, 6) is 1.76. The Kier molecular flexibility index (Phi) is 5.04. The van der Waals surface area contributed by atoms with Crippen LogP contribution in [0.1, 0.15) is 18.4 Å². The van der Waals surface area contributed by atoms with E-state index >= 15 is 0 Å². The van der Waals surface area contributed by atoms with Crippen molar-refractivity contribution < 1.29 is 19.0 Å². The molecule has 1 N–H and O–H groups in total. The minimum absolute atomic E-state index is 0.0450. The van der Waals surface area contributed by atoms with Gasteiger partial charge in [-0.25, -0.2) is 0 Å². The molecule has 3 rings (SSSR count). The SMILES string of the molecule is COc1ccc(C2(NC(=O)COc3ccc(Cl)cc3)CC2)cc1OC. The maximum atomic E-state index is 12.3. The smallest absolute Gasteiger partial charge is 0.258 e. The Labute approximate surface area is 151 Å². The lowest BCUT2D eigenvalue weighted by Gasteiger charge is -2.20. The number of ether oxygens (including phenoxy) is 3. The Balaban J connectivity index is 1.63. The molecule has 1 amide bonds. The first-order valence-electron chi connectivity index (χ1n) is 7.98. The zero-order valence-corrected chi connectivity index (χ0v) is 14.9. The predicted octanol–water partition coefficient (Wildman–Crippen LogP) is 3.54. The number of carbonyl (C=O) groups is 1. The van der Waals surface area contributed by atoms with Gasteiger partial charge in [-0.2, -0.15) is 0 Å². The van der Waals surface area contributed by atoms with Gasteiger partial charge in [0.25, 0.3) is 5.91 Å². The van der Waals surface area contributed by atoms with Crippen LogP contribution in [0.4, 0.5) is 0 Å². The third-order valence-electron chi connectivity index (χ3n) is 4.25. The largest absolute Gasteiger partial charge is 0.493 e. The van der Waals surface area contributed by atoms with E-state index in [0.717, 1.165) is 18.4 Å². The van der Waals surface area contributed by atoms with Crippen LogP contribution >= 0.6 is 11.6 Å². The summed E-state index contributed by atoms with van der Waals surface area (Å²) in [5.41, 5.74) is 0.657. The molecule has 0 aromatic heterocycles. The molecular weight excluding hydrogens is 342 g/mol. The van der Waals surface area contributed by atoms with E-state index in [2.05, 4.69) is 5.32 Å². The molecule has 0 heterocycles. The zero-order chi connectivity index (χ0) is 17.9. The Morgan fingerprint density at radius 1 is 1.08 bits per heavy atom. The maximum Gasteiger partial charge on any atom is 0.258 e. The van der Waals surface area contributed by atoms with Crippen LogP contribution in [0, 0.1) is 0 Å². The summed E-state index contributed by atoms with van der Waals surface area (Å²) in [4.78, 5) is 12.3. The van der Waals surface area contributed by atoms with Crippen LogP contribution in [-0.4, -0.2) is 26.7 Å². The molecule has 2 aromatic carbocycles. The molecule has 0 atom stereocenters. The van der Waals surface area contributed by atoms with Crippen molar-refractivity contribution in [2.45, 2.75) is 18.4 Å². The number of benzene rings is 2. The van der Waals surface area contributed by atoms with Crippen molar-refractivity contribution in [1.82, 2.24) is 5.32 Å². The van der Waals surface area contributed by atoms with E-state index in [1.54, 1.807) is 38.5 Å². The van der Waals surface area contributed by atoms with Gasteiger partial charge in [0.1, 0.15) is 5.75 Å². The quantitative estimate of drug-likeness (QED) is 0.819. The lowest BCUT2D eigenvalue weighted by Crippen LogP contribution is -2.38. The van der Waals surface area contributed by atoms with Crippen LogP contribution in [0.2, 0.25) is 5.02 Å². The molecule has 2 aromatic rings. The predicted molar refractivity (Wildman–Crippen MR) is 95.5 cm³/mol. The minimum atomic E-state index is -0.347. The highest BCUT2D eigenvalue weighted by molar-refractivity contribution is 6.30. The monoisotopic (exact) mass is 361 g/mol. The van der Waals surface area contributed by atoms with Gasteiger partial charge in [-0.3, -0.25) is 4.79 Å². The first-order valence-corrected chi connectivity index (χ1v) is 8.36. The molecule has 132 valence electrons. The van der Waals surface area contributed by atoms with Crippen molar-refractivity contribution in [2.75, 3.05) is 20.8 Å². The highest BCUT2D eigenvalue weighted by Gasteiger charge is 2.46. The number of hydrogen-bond donors (Lipinski definition) is 1. The van der Waals surface area contributed by atoms with Crippen molar-refractivity contribution in [3.63, 3.8) is 0 Å². The molecule has 25 heavy (non-hydrogen) atoms. The summed E-state index contributed by atoms with van der Waals surface area (Å²) < 4.78 is 16.1. The fourth-order valence-corrected chi connectivity index (χ4v) is 2.85. The summed E-state index contributed by atoms with van der Waals surface area (Å²) in [7, 11) is 3.19. The van der Waals surface area contributed by atoms with Gasteiger partial charge in [-0.15, -0.1) is 0 Å². The molecule has 0 spiro atoms. The third-order valence-corrected chi connectivity index (χ3v) is 4.50. The summed E-state index contributed by atoms with van der Waals surface area (Å²) in [5, 5.41) is 3.69. The second kappa shape index (κ2) is 7.23. The molecule has 5 nitrogen and oxygen atoms in total. The third kappa shape index (κ3) is 3.99. The van der Waals surface area contributed by atoms with Gasteiger partial charge in [-0.1, -0.05) is 17.7 Å². The van der Waals surface area contributed by atoms with E-state index in [-0.39, 0.29) is 18.1 Å². The maximum absolute atomic E-state index is 12.3. The van der Waals surface area contributed by atoms with Crippen LogP contribution < -0.4 is 19.5 Å². The minimum Gasteiger partial charge on any atom is -0.493 e. The van der Waals surface area contributed by atoms with Crippen molar-refractivity contribution in [3.05, 3.63) is 53.1 Å². The summed E-state index contributed by atoms with van der Waals surface area (Å²) >= 11 is 5.83. The molecule has 0 aliphatic heterocycles. The molecule has 6 heteroatoms. The van der Waals surface area contributed by atoms with Crippen molar-refractivity contribution in [1.29, 1.82) is 0 Å². The molecule has 1 fully saturated rings. The van der Waals surface area contributed by atoms with Crippen LogP contribution in [-0.2, 0) is 10.3 Å². The van der Waals surface area contributed by atoms with Gasteiger partial charge < -0.3 is 19.5 Å². The van der Waals surface area contributed by atoms with Crippen LogP contribution in [0.25, 0.3) is 0 Å². The molecule has 0 radical (unpaired) electrons.